The number of para-hydroxylation sites is 1. The second-order valence-electron chi connectivity index (χ2n) is 4.14. The van der Waals surface area contributed by atoms with E-state index >= 15 is 0 Å². The molecule has 0 amide bonds. The molecule has 18 heavy (non-hydrogen) atoms. The van der Waals surface area contributed by atoms with Gasteiger partial charge in [0.05, 0.1) is 16.5 Å². The molecule has 2 aromatic rings. The average Bonchev–Trinajstić information content (AvgIpc) is 2.83. The average molecular weight is 255 g/mol. The second kappa shape index (κ2) is 4.78. The van der Waals surface area contributed by atoms with Crippen LogP contribution in [-0.2, 0) is 10.8 Å². The molecule has 1 aliphatic rings. The van der Waals surface area contributed by atoms with Crippen LogP contribution in [0.3, 0.4) is 0 Å². The summed E-state index contributed by atoms with van der Waals surface area (Å²) in [7, 11) is -0.920. The molecule has 0 spiro atoms. The van der Waals surface area contributed by atoms with E-state index in [0.29, 0.717) is 5.88 Å². The molecule has 0 saturated heterocycles. The highest BCUT2D eigenvalue weighted by Gasteiger charge is 2.22. The van der Waals surface area contributed by atoms with Gasteiger partial charge in [-0.2, -0.15) is 0 Å². The van der Waals surface area contributed by atoms with Gasteiger partial charge in [-0.25, -0.2) is 0 Å². The first-order valence-corrected chi connectivity index (χ1v) is 7.20. The van der Waals surface area contributed by atoms with E-state index in [-0.39, 0.29) is 0 Å². The van der Waals surface area contributed by atoms with Gasteiger partial charge in [0.25, 0.3) is 0 Å². The maximum atomic E-state index is 11.8. The first kappa shape index (κ1) is 11.2. The van der Waals surface area contributed by atoms with E-state index in [1.807, 2.05) is 66.1 Å². The zero-order valence-electron chi connectivity index (χ0n) is 9.82. The van der Waals surface area contributed by atoms with E-state index < -0.39 is 10.8 Å². The van der Waals surface area contributed by atoms with E-state index in [1.54, 1.807) is 0 Å². The summed E-state index contributed by atoms with van der Waals surface area (Å²) in [5.74, 6) is 0.536. The molecule has 3 heteroatoms. The van der Waals surface area contributed by atoms with Crippen molar-refractivity contribution in [2.24, 2.45) is 0 Å². The summed E-state index contributed by atoms with van der Waals surface area (Å²) in [5, 5.41) is 1.84. The lowest BCUT2D eigenvalue weighted by atomic mass is 10.1. The molecule has 0 N–H and O–H groups in total. The zero-order chi connectivity index (χ0) is 12.4. The summed E-state index contributed by atoms with van der Waals surface area (Å²) >= 11 is 0. The third-order valence-electron chi connectivity index (χ3n) is 2.93. The van der Waals surface area contributed by atoms with Crippen molar-refractivity contribution in [3.8, 4) is 0 Å². The second-order valence-corrected chi connectivity index (χ2v) is 5.40. The van der Waals surface area contributed by atoms with Gasteiger partial charge in [-0.15, -0.1) is 0 Å². The van der Waals surface area contributed by atoms with Gasteiger partial charge in [0.15, 0.2) is 0 Å². The Morgan fingerprint density at radius 1 is 0.889 bits per heavy atom. The molecule has 2 aromatic carbocycles. The fourth-order valence-corrected chi connectivity index (χ4v) is 3.21. The van der Waals surface area contributed by atoms with Gasteiger partial charge in [0.1, 0.15) is 5.88 Å². The molecule has 1 unspecified atom stereocenters. The molecule has 0 radical (unpaired) electrons. The van der Waals surface area contributed by atoms with Crippen LogP contribution in [0, 0.1) is 0 Å². The van der Waals surface area contributed by atoms with Crippen molar-refractivity contribution in [2.45, 2.75) is 0 Å². The number of hydrogen-bond acceptors (Lipinski definition) is 2. The van der Waals surface area contributed by atoms with Gasteiger partial charge in [0, 0.05) is 11.1 Å². The van der Waals surface area contributed by atoms with Crippen LogP contribution in [0.1, 0.15) is 5.56 Å². The van der Waals surface area contributed by atoms with Gasteiger partial charge in [-0.1, -0.05) is 48.5 Å². The quantitative estimate of drug-likeness (QED) is 0.821. The Kier molecular flexibility index (Phi) is 2.99. The van der Waals surface area contributed by atoms with Crippen LogP contribution in [0.25, 0.3) is 5.70 Å². The molecule has 1 heterocycles. The smallest absolute Gasteiger partial charge is 0.103 e. The normalized spacial score (nSPS) is 18.8. The van der Waals surface area contributed by atoms with Crippen LogP contribution < -0.4 is 4.90 Å². The van der Waals surface area contributed by atoms with Crippen molar-refractivity contribution in [2.75, 3.05) is 10.8 Å². The number of nitrogens with zero attached hydrogens (tertiary/aromatic N) is 1. The van der Waals surface area contributed by atoms with Gasteiger partial charge < -0.3 is 4.90 Å². The fraction of sp³-hybridized carbons (Fsp3) is 0.0667. The van der Waals surface area contributed by atoms with Crippen LogP contribution in [0.4, 0.5) is 5.69 Å². The number of benzene rings is 2. The Balaban J connectivity index is 2.02. The summed E-state index contributed by atoms with van der Waals surface area (Å²) in [6.07, 6.45) is 0. The Labute approximate surface area is 109 Å². The molecule has 90 valence electrons. The minimum Gasteiger partial charge on any atom is -0.328 e. The third-order valence-corrected chi connectivity index (χ3v) is 3.93. The predicted molar refractivity (Wildman–Crippen MR) is 76.3 cm³/mol. The highest BCUT2D eigenvalue weighted by molar-refractivity contribution is 7.88. The van der Waals surface area contributed by atoms with Crippen molar-refractivity contribution >= 4 is 22.2 Å². The Morgan fingerprint density at radius 2 is 1.50 bits per heavy atom. The summed E-state index contributed by atoms with van der Waals surface area (Å²) in [6, 6.07) is 20.2. The molecular weight excluding hydrogens is 242 g/mol. The van der Waals surface area contributed by atoms with Crippen LogP contribution in [0.2, 0.25) is 0 Å². The fourth-order valence-electron chi connectivity index (χ4n) is 2.08. The molecule has 0 fully saturated rings. The van der Waals surface area contributed by atoms with E-state index in [0.717, 1.165) is 16.9 Å². The molecule has 0 aliphatic carbocycles. The standard InChI is InChI=1S/C15H13NOS/c17-18-11-15(13-7-3-1-4-8-13)16(12-18)14-9-5-2-6-10-14/h1-11H,12H2. The van der Waals surface area contributed by atoms with Gasteiger partial charge in [-0.3, -0.25) is 4.21 Å². The summed E-state index contributed by atoms with van der Waals surface area (Å²) in [4.78, 5) is 2.10. The van der Waals surface area contributed by atoms with E-state index in [2.05, 4.69) is 4.90 Å². The largest absolute Gasteiger partial charge is 0.328 e. The lowest BCUT2D eigenvalue weighted by molar-refractivity contribution is 0.689. The lowest BCUT2D eigenvalue weighted by Gasteiger charge is -2.21. The Hall–Kier alpha value is -1.87. The van der Waals surface area contributed by atoms with Crippen LogP contribution in [-0.4, -0.2) is 10.1 Å². The third kappa shape index (κ3) is 2.09. The Bertz CT molecular complexity index is 592. The molecule has 0 bridgehead atoms. The van der Waals surface area contributed by atoms with E-state index in [1.165, 1.54) is 0 Å². The van der Waals surface area contributed by atoms with Crippen molar-refractivity contribution in [3.05, 3.63) is 71.6 Å². The molecular formula is C15H13NOS. The van der Waals surface area contributed by atoms with Gasteiger partial charge in [-0.05, 0) is 17.7 Å². The minimum atomic E-state index is -0.920. The summed E-state index contributed by atoms with van der Waals surface area (Å²) in [6.45, 7) is 0. The van der Waals surface area contributed by atoms with Crippen molar-refractivity contribution in [1.82, 2.24) is 0 Å². The highest BCUT2D eigenvalue weighted by atomic mass is 32.2. The first-order valence-electron chi connectivity index (χ1n) is 5.81. The van der Waals surface area contributed by atoms with Gasteiger partial charge >= 0.3 is 0 Å². The SMILES string of the molecule is O=S1C=C(c2ccccc2)N(c2ccccc2)C1. The molecule has 1 aliphatic heterocycles. The first-order chi connectivity index (χ1) is 8.84. The molecule has 0 aromatic heterocycles. The maximum absolute atomic E-state index is 11.8. The van der Waals surface area contributed by atoms with Crippen LogP contribution in [0.5, 0.6) is 0 Å². The lowest BCUT2D eigenvalue weighted by Crippen LogP contribution is -2.18. The maximum Gasteiger partial charge on any atom is 0.103 e. The van der Waals surface area contributed by atoms with E-state index in [9.17, 15) is 4.21 Å². The summed E-state index contributed by atoms with van der Waals surface area (Å²) in [5.41, 5.74) is 3.21. The van der Waals surface area contributed by atoms with Crippen LogP contribution >= 0.6 is 0 Å². The summed E-state index contributed by atoms with van der Waals surface area (Å²) < 4.78 is 11.8. The minimum absolute atomic E-state index is 0.536. The van der Waals surface area contributed by atoms with Crippen molar-refractivity contribution in [3.63, 3.8) is 0 Å². The van der Waals surface area contributed by atoms with Gasteiger partial charge in [0.2, 0.25) is 0 Å². The zero-order valence-corrected chi connectivity index (χ0v) is 10.6. The van der Waals surface area contributed by atoms with Crippen LogP contribution in [0.15, 0.2) is 66.1 Å². The monoisotopic (exact) mass is 255 g/mol. The predicted octanol–water partition coefficient (Wildman–Crippen LogP) is 3.21. The molecule has 0 saturated carbocycles. The topological polar surface area (TPSA) is 20.3 Å². The van der Waals surface area contributed by atoms with Crippen molar-refractivity contribution < 1.29 is 4.21 Å². The highest BCUT2D eigenvalue weighted by Crippen LogP contribution is 2.30. The molecule has 1 atom stereocenters. The van der Waals surface area contributed by atoms with E-state index in [4.69, 9.17) is 0 Å². The molecule has 3 rings (SSSR count). The number of anilines is 1. The molecule has 2 nitrogen and oxygen atoms in total. The van der Waals surface area contributed by atoms with Crippen molar-refractivity contribution in [1.29, 1.82) is 0 Å². The Morgan fingerprint density at radius 3 is 2.17 bits per heavy atom. The number of hydrogen-bond donors (Lipinski definition) is 0. The number of rotatable bonds is 2.